The molecule has 0 aliphatic rings. The van der Waals surface area contributed by atoms with Gasteiger partial charge >= 0.3 is 11.7 Å². The maximum atomic E-state index is 12.0. The second kappa shape index (κ2) is 8.55. The van der Waals surface area contributed by atoms with E-state index >= 15 is 0 Å². The zero-order chi connectivity index (χ0) is 18.4. The Kier molecular flexibility index (Phi) is 6.44. The number of nitro groups is 1. The molecule has 0 spiro atoms. The molecule has 0 radical (unpaired) electrons. The van der Waals surface area contributed by atoms with E-state index < -0.39 is 10.9 Å². The number of hydrogen-bond acceptors (Lipinski definition) is 6. The summed E-state index contributed by atoms with van der Waals surface area (Å²) in [6.45, 7) is -0.0619. The van der Waals surface area contributed by atoms with E-state index in [4.69, 9.17) is 37.4 Å². The van der Waals surface area contributed by atoms with Crippen molar-refractivity contribution < 1.29 is 23.9 Å². The van der Waals surface area contributed by atoms with Gasteiger partial charge in [-0.15, -0.1) is 0 Å². The van der Waals surface area contributed by atoms with Crippen LogP contribution in [-0.2, 0) is 4.74 Å². The number of hydrogen-bond donors (Lipinski definition) is 0. The summed E-state index contributed by atoms with van der Waals surface area (Å²) in [5, 5.41) is 11.6. The number of carbonyl (C=O) groups is 1. The number of halogens is 2. The van der Waals surface area contributed by atoms with Gasteiger partial charge in [0.15, 0.2) is 11.5 Å². The number of carbonyl (C=O) groups excluding carboxylic acids is 1. The molecule has 25 heavy (non-hydrogen) atoms. The first-order valence-corrected chi connectivity index (χ1v) is 7.76. The molecule has 0 fully saturated rings. The normalized spacial score (nSPS) is 10.2. The van der Waals surface area contributed by atoms with Gasteiger partial charge in [0, 0.05) is 6.07 Å². The molecule has 0 aromatic heterocycles. The van der Waals surface area contributed by atoms with Crippen LogP contribution in [0.1, 0.15) is 10.4 Å². The largest absolute Gasteiger partial charge is 0.490 e. The van der Waals surface area contributed by atoms with Crippen molar-refractivity contribution in [3.8, 4) is 11.5 Å². The van der Waals surface area contributed by atoms with Crippen LogP contribution >= 0.6 is 23.2 Å². The highest BCUT2D eigenvalue weighted by atomic mass is 35.5. The van der Waals surface area contributed by atoms with Crippen LogP contribution in [0.5, 0.6) is 11.5 Å². The van der Waals surface area contributed by atoms with Crippen LogP contribution in [0.25, 0.3) is 0 Å². The van der Waals surface area contributed by atoms with Gasteiger partial charge in [0.05, 0.1) is 27.6 Å². The minimum Gasteiger partial charge on any atom is -0.490 e. The van der Waals surface area contributed by atoms with Crippen molar-refractivity contribution in [3.63, 3.8) is 0 Å². The van der Waals surface area contributed by atoms with Gasteiger partial charge in [0.2, 0.25) is 0 Å². The van der Waals surface area contributed by atoms with Crippen LogP contribution < -0.4 is 9.47 Å². The van der Waals surface area contributed by atoms with Crippen molar-refractivity contribution in [2.45, 2.75) is 0 Å². The molecular formula is C16H13Cl2NO6. The van der Waals surface area contributed by atoms with E-state index in [1.165, 1.54) is 19.2 Å². The third-order valence-corrected chi connectivity index (χ3v) is 3.69. The predicted octanol–water partition coefficient (Wildman–Crippen LogP) is 4.15. The van der Waals surface area contributed by atoms with E-state index in [1.54, 1.807) is 18.2 Å². The molecule has 0 bridgehead atoms. The van der Waals surface area contributed by atoms with Crippen molar-refractivity contribution >= 4 is 34.9 Å². The molecule has 0 amide bonds. The number of nitrogens with zero attached hydrogens (tertiary/aromatic N) is 1. The van der Waals surface area contributed by atoms with Gasteiger partial charge in [-0.2, -0.15) is 0 Å². The van der Waals surface area contributed by atoms with Gasteiger partial charge in [0.25, 0.3) is 0 Å². The van der Waals surface area contributed by atoms with Crippen LogP contribution in [-0.4, -0.2) is 31.2 Å². The third kappa shape index (κ3) is 4.74. The number of methoxy groups -OCH3 is 1. The summed E-state index contributed by atoms with van der Waals surface area (Å²) in [6, 6.07) is 8.70. The number of rotatable bonds is 7. The summed E-state index contributed by atoms with van der Waals surface area (Å²) >= 11 is 11.9. The first-order valence-electron chi connectivity index (χ1n) is 7.00. The van der Waals surface area contributed by atoms with Crippen LogP contribution in [0, 0.1) is 10.1 Å². The lowest BCUT2D eigenvalue weighted by atomic mass is 10.2. The Morgan fingerprint density at radius 3 is 2.44 bits per heavy atom. The molecular weight excluding hydrogens is 373 g/mol. The summed E-state index contributed by atoms with van der Waals surface area (Å²) < 4.78 is 15.3. The summed E-state index contributed by atoms with van der Waals surface area (Å²) in [5.41, 5.74) is -0.292. The zero-order valence-electron chi connectivity index (χ0n) is 13.0. The molecule has 0 heterocycles. The van der Waals surface area contributed by atoms with Crippen molar-refractivity contribution in [2.75, 3.05) is 20.3 Å². The molecule has 9 heteroatoms. The van der Waals surface area contributed by atoms with Gasteiger partial charge in [-0.1, -0.05) is 29.3 Å². The number of nitro benzene ring substituents is 1. The van der Waals surface area contributed by atoms with Gasteiger partial charge in [0.1, 0.15) is 13.2 Å². The Labute approximate surface area is 153 Å². The Bertz CT molecular complexity index is 776. The van der Waals surface area contributed by atoms with Crippen LogP contribution in [0.15, 0.2) is 36.4 Å². The van der Waals surface area contributed by atoms with Crippen molar-refractivity contribution in [1.82, 2.24) is 0 Å². The van der Waals surface area contributed by atoms with E-state index in [1.807, 2.05) is 0 Å². The first-order chi connectivity index (χ1) is 11.9. The SMILES string of the molecule is COc1ccc(C(=O)OCCOc2c(Cl)cccc2Cl)cc1[N+](=O)[O-]. The lowest BCUT2D eigenvalue weighted by molar-refractivity contribution is -0.385. The lowest BCUT2D eigenvalue weighted by Gasteiger charge is -2.10. The van der Waals surface area contributed by atoms with E-state index in [9.17, 15) is 14.9 Å². The average molecular weight is 386 g/mol. The minimum atomic E-state index is -0.723. The van der Waals surface area contributed by atoms with E-state index in [0.717, 1.165) is 6.07 Å². The Hall–Kier alpha value is -2.51. The van der Waals surface area contributed by atoms with Crippen molar-refractivity contribution in [3.05, 3.63) is 62.1 Å². The van der Waals surface area contributed by atoms with E-state index in [2.05, 4.69) is 0 Å². The Morgan fingerprint density at radius 1 is 1.16 bits per heavy atom. The second-order valence-corrected chi connectivity index (χ2v) is 5.49. The molecule has 0 saturated heterocycles. The van der Waals surface area contributed by atoms with Gasteiger partial charge in [-0.05, 0) is 24.3 Å². The molecule has 0 aliphatic carbocycles. The Morgan fingerprint density at radius 2 is 1.84 bits per heavy atom. The van der Waals surface area contributed by atoms with Crippen LogP contribution in [0.3, 0.4) is 0 Å². The molecule has 2 aromatic rings. The molecule has 0 aliphatic heterocycles. The number of benzene rings is 2. The molecule has 2 rings (SSSR count). The van der Waals surface area contributed by atoms with Crippen LogP contribution in [0.2, 0.25) is 10.0 Å². The Balaban J connectivity index is 1.94. The molecule has 0 atom stereocenters. The van der Waals surface area contributed by atoms with E-state index in [-0.39, 0.29) is 30.2 Å². The number of esters is 1. The molecule has 0 saturated carbocycles. The standard InChI is InChI=1S/C16H13Cl2NO6/c1-23-14-6-5-10(9-13(14)19(21)22)16(20)25-8-7-24-15-11(17)3-2-4-12(15)18/h2-6,9H,7-8H2,1H3. The van der Waals surface area contributed by atoms with Gasteiger partial charge in [-0.25, -0.2) is 4.79 Å². The number of ether oxygens (including phenoxy) is 3. The third-order valence-electron chi connectivity index (χ3n) is 3.09. The first kappa shape index (κ1) is 18.8. The van der Waals surface area contributed by atoms with Gasteiger partial charge in [-0.3, -0.25) is 10.1 Å². The van der Waals surface area contributed by atoms with Crippen molar-refractivity contribution in [1.29, 1.82) is 0 Å². The predicted molar refractivity (Wildman–Crippen MR) is 91.9 cm³/mol. The fourth-order valence-electron chi connectivity index (χ4n) is 1.94. The highest BCUT2D eigenvalue weighted by molar-refractivity contribution is 6.37. The molecule has 7 nitrogen and oxygen atoms in total. The highest BCUT2D eigenvalue weighted by Gasteiger charge is 2.19. The zero-order valence-corrected chi connectivity index (χ0v) is 14.5. The topological polar surface area (TPSA) is 87.9 Å². The fraction of sp³-hybridized carbons (Fsp3) is 0.188. The average Bonchev–Trinajstić information content (AvgIpc) is 2.59. The monoisotopic (exact) mass is 385 g/mol. The molecule has 132 valence electrons. The molecule has 0 N–H and O–H groups in total. The maximum Gasteiger partial charge on any atom is 0.338 e. The molecule has 2 aromatic carbocycles. The smallest absolute Gasteiger partial charge is 0.338 e. The maximum absolute atomic E-state index is 12.0. The summed E-state index contributed by atoms with van der Waals surface area (Å²) in [6.07, 6.45) is 0. The summed E-state index contributed by atoms with van der Waals surface area (Å²) in [7, 11) is 1.30. The quantitative estimate of drug-likeness (QED) is 0.308. The van der Waals surface area contributed by atoms with Crippen LogP contribution in [0.4, 0.5) is 5.69 Å². The lowest BCUT2D eigenvalue weighted by Crippen LogP contribution is -2.13. The second-order valence-electron chi connectivity index (χ2n) is 4.68. The highest BCUT2D eigenvalue weighted by Crippen LogP contribution is 2.32. The fourth-order valence-corrected chi connectivity index (χ4v) is 2.45. The number of para-hydroxylation sites is 1. The van der Waals surface area contributed by atoms with Crippen molar-refractivity contribution in [2.24, 2.45) is 0 Å². The minimum absolute atomic E-state index is 0.0213. The molecule has 0 unspecified atom stereocenters. The summed E-state index contributed by atoms with van der Waals surface area (Å²) in [5.74, 6) is -0.375. The summed E-state index contributed by atoms with van der Waals surface area (Å²) in [4.78, 5) is 22.3. The van der Waals surface area contributed by atoms with E-state index in [0.29, 0.717) is 15.8 Å². The van der Waals surface area contributed by atoms with Gasteiger partial charge < -0.3 is 14.2 Å².